The van der Waals surface area contributed by atoms with E-state index >= 15 is 0 Å². The van der Waals surface area contributed by atoms with Crippen LogP contribution in [0.15, 0.2) is 82.4 Å². The molecular formula is C46H53F3IrNO2S-. The average Bonchev–Trinajstić information content (AvgIpc) is 3.07. The molecule has 1 aliphatic rings. The fraction of sp³-hybridized carbons (Fsp3) is 0.435. The molecule has 291 valence electrons. The molecule has 0 amide bonds. The standard InChI is InChI=1S/C33H32NS.C13H21F3O2.Ir/c1-32(2,3)18-21-11-9-13-23-24-14-15-34-30-26-16-20-10-7-8-12-22(20)27(19-33(4,5)6)31(26)35-28(29(24)30)17-25(21)23;1-4-9(5-2)11(17)7-12(18)10(6-3)8-13(14,15)16;/h7-15,17H,18-19H2,1-6H3;7,9-10,17H,4-6,8H2,1-3H3;/q-1;;/b;11-7-;/i15D;;. The van der Waals surface area contributed by atoms with Crippen LogP contribution in [0.1, 0.15) is 100 Å². The van der Waals surface area contributed by atoms with Crippen molar-refractivity contribution in [2.24, 2.45) is 22.7 Å². The van der Waals surface area contributed by atoms with Gasteiger partial charge in [0.1, 0.15) is 0 Å². The molecule has 1 atom stereocenters. The maximum atomic E-state index is 12.2. The van der Waals surface area contributed by atoms with Gasteiger partial charge in [0.05, 0.1) is 13.6 Å². The van der Waals surface area contributed by atoms with Crippen LogP contribution in [-0.4, -0.2) is 22.1 Å². The van der Waals surface area contributed by atoms with Crippen molar-refractivity contribution in [3.05, 3.63) is 89.8 Å². The van der Waals surface area contributed by atoms with Gasteiger partial charge in [-0.2, -0.15) is 13.2 Å². The number of carbonyl (C=O) groups is 1. The second kappa shape index (κ2) is 17.3. The number of hydrogen-bond donors (Lipinski definition) is 1. The Morgan fingerprint density at radius 2 is 1.50 bits per heavy atom. The third kappa shape index (κ3) is 10.2. The molecule has 1 aliphatic heterocycles. The second-order valence-electron chi connectivity index (χ2n) is 16.7. The molecule has 4 aromatic carbocycles. The number of benzene rings is 4. The monoisotopic (exact) mass is 934 g/mol. The summed E-state index contributed by atoms with van der Waals surface area (Å²) in [5, 5.41) is 16.9. The van der Waals surface area contributed by atoms with E-state index in [2.05, 4.69) is 96.1 Å². The van der Waals surface area contributed by atoms with Gasteiger partial charge in [0.25, 0.3) is 0 Å². The van der Waals surface area contributed by atoms with Gasteiger partial charge in [-0.05, 0) is 87.1 Å². The first-order valence-corrected chi connectivity index (χ1v) is 19.6. The SMILES string of the molecule is CCC(CC(F)(F)F)C(=O)/C=C(\O)C(CC)CC.[2H]c1cc2c3c(cc4c(CC(C)(C)C)cccc42)Sc2c([c-]c4ccccc4c2CC(C)(C)C)-c3n1.[Ir]. The fourth-order valence-corrected chi connectivity index (χ4v) is 8.58. The average molecular weight is 934 g/mol. The smallest absolute Gasteiger partial charge is 0.389 e. The Morgan fingerprint density at radius 1 is 0.870 bits per heavy atom. The predicted octanol–water partition coefficient (Wildman–Crippen LogP) is 14.1. The van der Waals surface area contributed by atoms with Gasteiger partial charge in [-0.1, -0.05) is 115 Å². The van der Waals surface area contributed by atoms with E-state index in [1.54, 1.807) is 0 Å². The minimum atomic E-state index is -4.35. The van der Waals surface area contributed by atoms with E-state index in [0.717, 1.165) is 46.3 Å². The third-order valence-corrected chi connectivity index (χ3v) is 11.1. The molecule has 6 rings (SSSR count). The van der Waals surface area contributed by atoms with Crippen LogP contribution in [0, 0.1) is 28.7 Å². The third-order valence-electron chi connectivity index (χ3n) is 9.86. The summed E-state index contributed by atoms with van der Waals surface area (Å²) in [6.45, 7) is 19.1. The Labute approximate surface area is 338 Å². The zero-order chi connectivity index (χ0) is 39.7. The number of aromatic nitrogens is 1. The van der Waals surface area contributed by atoms with Gasteiger partial charge in [-0.3, -0.25) is 9.78 Å². The molecule has 0 saturated heterocycles. The minimum Gasteiger partial charge on any atom is -0.512 e. The van der Waals surface area contributed by atoms with Crippen molar-refractivity contribution in [2.45, 2.75) is 117 Å². The van der Waals surface area contributed by atoms with Crippen molar-refractivity contribution in [1.82, 2.24) is 4.98 Å². The summed E-state index contributed by atoms with van der Waals surface area (Å²) in [6, 6.07) is 23.3. The topological polar surface area (TPSA) is 50.2 Å². The predicted molar refractivity (Wildman–Crippen MR) is 216 cm³/mol. The molecule has 1 unspecified atom stereocenters. The largest absolute Gasteiger partial charge is 0.512 e. The number of fused-ring (bicyclic) bond motifs is 5. The molecule has 54 heavy (non-hydrogen) atoms. The molecule has 0 fully saturated rings. The number of alkyl halides is 3. The van der Waals surface area contributed by atoms with Gasteiger partial charge in [0.2, 0.25) is 0 Å². The van der Waals surface area contributed by atoms with E-state index in [9.17, 15) is 23.1 Å². The van der Waals surface area contributed by atoms with Crippen molar-refractivity contribution in [3.8, 4) is 11.3 Å². The fourth-order valence-electron chi connectivity index (χ4n) is 7.32. The number of aliphatic hydroxyl groups excluding tert-OH is 1. The van der Waals surface area contributed by atoms with Gasteiger partial charge in [-0.25, -0.2) is 0 Å². The van der Waals surface area contributed by atoms with E-state index in [1.807, 2.05) is 31.7 Å². The molecule has 1 radical (unpaired) electrons. The molecule has 0 bridgehead atoms. The van der Waals surface area contributed by atoms with Gasteiger partial charge in [-0.15, -0.1) is 29.3 Å². The van der Waals surface area contributed by atoms with E-state index in [-0.39, 0.29) is 49.0 Å². The Morgan fingerprint density at radius 3 is 2.11 bits per heavy atom. The van der Waals surface area contributed by atoms with Crippen LogP contribution < -0.4 is 0 Å². The molecule has 3 nitrogen and oxygen atoms in total. The summed E-state index contributed by atoms with van der Waals surface area (Å²) in [5.74, 6) is -2.00. The Kier molecular flexibility index (Phi) is 13.4. The van der Waals surface area contributed by atoms with E-state index in [0.29, 0.717) is 19.0 Å². The molecule has 8 heteroatoms. The molecule has 2 heterocycles. The first kappa shape index (κ1) is 42.0. The number of allylic oxidation sites excluding steroid dienone is 2. The number of carbonyl (C=O) groups excluding carboxylic acids is 1. The van der Waals surface area contributed by atoms with Gasteiger partial charge >= 0.3 is 6.18 Å². The maximum Gasteiger partial charge on any atom is 0.389 e. The Hall–Kier alpha value is -3.19. The molecule has 0 spiro atoms. The summed E-state index contributed by atoms with van der Waals surface area (Å²) in [6.07, 6.45) is -0.791. The second-order valence-corrected chi connectivity index (χ2v) is 17.8. The van der Waals surface area contributed by atoms with Crippen molar-refractivity contribution in [1.29, 1.82) is 0 Å². The summed E-state index contributed by atoms with van der Waals surface area (Å²) < 4.78 is 45.4. The van der Waals surface area contributed by atoms with Crippen molar-refractivity contribution in [3.63, 3.8) is 0 Å². The van der Waals surface area contributed by atoms with Crippen molar-refractivity contribution >= 4 is 49.9 Å². The summed E-state index contributed by atoms with van der Waals surface area (Å²) in [5.41, 5.74) is 5.03. The number of rotatable bonds is 9. The normalized spacial score (nSPS) is 14.0. The van der Waals surface area contributed by atoms with Gasteiger partial charge in [0, 0.05) is 54.8 Å². The van der Waals surface area contributed by atoms with Gasteiger partial charge < -0.3 is 5.11 Å². The summed E-state index contributed by atoms with van der Waals surface area (Å²) in [4.78, 5) is 19.0. The maximum absolute atomic E-state index is 12.2. The van der Waals surface area contributed by atoms with Crippen LogP contribution in [0.5, 0.6) is 0 Å². The minimum absolute atomic E-state index is 0. The Bertz CT molecular complexity index is 2210. The van der Waals surface area contributed by atoms with E-state index in [4.69, 9.17) is 6.35 Å². The zero-order valence-electron chi connectivity index (χ0n) is 33.8. The summed E-state index contributed by atoms with van der Waals surface area (Å²) >= 11 is 1.87. The first-order valence-electron chi connectivity index (χ1n) is 19.3. The van der Waals surface area contributed by atoms with Crippen LogP contribution in [0.25, 0.3) is 43.6 Å². The zero-order valence-corrected chi connectivity index (χ0v) is 36.1. The molecule has 1 N–H and O–H groups in total. The quantitative estimate of drug-likeness (QED) is 0.0679. The number of aliphatic hydroxyl groups is 1. The number of pyridine rings is 1. The van der Waals surface area contributed by atoms with Crippen LogP contribution in [0.2, 0.25) is 0 Å². The van der Waals surface area contributed by atoms with Crippen molar-refractivity contribution < 1.29 is 44.5 Å². The van der Waals surface area contributed by atoms with Crippen LogP contribution in [0.3, 0.4) is 0 Å². The number of ketones is 1. The summed E-state index contributed by atoms with van der Waals surface area (Å²) in [7, 11) is 0. The molecule has 0 saturated carbocycles. The Balaban J connectivity index is 0.000000304. The van der Waals surface area contributed by atoms with E-state index < -0.39 is 24.3 Å². The van der Waals surface area contributed by atoms with Crippen molar-refractivity contribution in [2.75, 3.05) is 0 Å². The number of nitrogens with zero attached hydrogens (tertiary/aromatic N) is 1. The molecular weight excluding hydrogens is 880 g/mol. The van der Waals surface area contributed by atoms with Gasteiger partial charge in [0.15, 0.2) is 5.78 Å². The van der Waals surface area contributed by atoms with Crippen LogP contribution in [-0.2, 0) is 37.7 Å². The molecule has 0 aliphatic carbocycles. The van der Waals surface area contributed by atoms with Crippen LogP contribution >= 0.6 is 11.8 Å². The van der Waals surface area contributed by atoms with E-state index in [1.165, 1.54) is 44.0 Å². The number of hydrogen-bond acceptors (Lipinski definition) is 4. The first-order chi connectivity index (χ1) is 25.2. The van der Waals surface area contributed by atoms with Crippen LogP contribution in [0.4, 0.5) is 13.2 Å². The molecule has 1 aromatic heterocycles. The number of halogens is 3. The molecule has 5 aromatic rings.